The molecule has 2 nitrogen and oxygen atoms in total. The molecule has 0 fully saturated rings. The first-order valence-corrected chi connectivity index (χ1v) is 3.76. The number of rotatable bonds is 0. The molecule has 0 spiro atoms. The van der Waals surface area contributed by atoms with E-state index in [0.29, 0.717) is 5.37 Å². The Bertz CT molecular complexity index is 64.8. The highest BCUT2D eigenvalue weighted by molar-refractivity contribution is 8.12. The molecule has 1 atom stereocenters. The van der Waals surface area contributed by atoms with Gasteiger partial charge in [0.1, 0.15) is 0 Å². The first-order chi connectivity index (χ1) is 3.89. The lowest BCUT2D eigenvalue weighted by atomic mass is 10.8. The normalized spacial score (nSPS) is 23.6. The minimum absolute atomic E-state index is 0.491. The summed E-state index contributed by atoms with van der Waals surface area (Å²) in [4.78, 5) is 0. The zero-order valence-electron chi connectivity index (χ0n) is 5.51. The van der Waals surface area contributed by atoms with E-state index in [9.17, 15) is 0 Å². The summed E-state index contributed by atoms with van der Waals surface area (Å²) < 4.78 is 0. The number of nitrogens with one attached hydrogen (secondary N) is 1. The fraction of sp³-hybridized carbons (Fsp3) is 0.800. The van der Waals surface area contributed by atoms with Crippen LogP contribution in [0.1, 0.15) is 20.8 Å². The third kappa shape index (κ3) is 2.91. The molecule has 48 valence electrons. The Morgan fingerprint density at radius 1 is 1.62 bits per heavy atom. The Morgan fingerprint density at radius 3 is 2.38 bits per heavy atom. The molecule has 0 saturated heterocycles. The van der Waals surface area contributed by atoms with Gasteiger partial charge in [0.25, 0.3) is 0 Å². The monoisotopic (exact) mass is 132 g/mol. The summed E-state index contributed by atoms with van der Waals surface area (Å²) in [5.41, 5.74) is 4.66. The van der Waals surface area contributed by atoms with Crippen LogP contribution in [0, 0.1) is 0 Å². The van der Waals surface area contributed by atoms with Gasteiger partial charge in [-0.05, 0) is 6.92 Å². The molecule has 1 rings (SSSR count). The van der Waals surface area contributed by atoms with Crippen molar-refractivity contribution in [3.63, 3.8) is 0 Å². The van der Waals surface area contributed by atoms with E-state index in [-0.39, 0.29) is 0 Å². The maximum absolute atomic E-state index is 3.75. The lowest BCUT2D eigenvalue weighted by Gasteiger charge is -1.93. The van der Waals surface area contributed by atoms with Crippen molar-refractivity contribution in [2.24, 2.45) is 5.10 Å². The molecule has 0 bridgehead atoms. The highest BCUT2D eigenvalue weighted by atomic mass is 32.2. The molecular formula is C5H12N2S. The first-order valence-electron chi connectivity index (χ1n) is 2.82. The summed E-state index contributed by atoms with van der Waals surface area (Å²) in [6.45, 7) is 6.07. The van der Waals surface area contributed by atoms with Gasteiger partial charge in [-0.1, -0.05) is 25.6 Å². The molecule has 0 aromatic carbocycles. The SMILES string of the molecule is CC.CC1NN=CS1. The number of hydrazone groups is 1. The van der Waals surface area contributed by atoms with Crippen LogP contribution in [0.4, 0.5) is 0 Å². The molecule has 1 unspecified atom stereocenters. The molecular weight excluding hydrogens is 120 g/mol. The van der Waals surface area contributed by atoms with Gasteiger partial charge in [-0.2, -0.15) is 5.10 Å². The van der Waals surface area contributed by atoms with E-state index in [2.05, 4.69) is 17.5 Å². The second-order valence-corrected chi connectivity index (χ2v) is 2.33. The molecule has 0 aromatic rings. The molecule has 0 amide bonds. The standard InChI is InChI=1S/C3H6N2S.C2H6/c1-3-5-4-2-6-3;1-2/h2-3,5H,1H3;1-2H3. The van der Waals surface area contributed by atoms with Crippen molar-refractivity contribution in [3.05, 3.63) is 0 Å². The highest BCUT2D eigenvalue weighted by Crippen LogP contribution is 2.06. The van der Waals surface area contributed by atoms with Gasteiger partial charge >= 0.3 is 0 Å². The van der Waals surface area contributed by atoms with Gasteiger partial charge in [0.15, 0.2) is 0 Å². The van der Waals surface area contributed by atoms with E-state index in [1.54, 1.807) is 11.8 Å². The van der Waals surface area contributed by atoms with Crippen LogP contribution in [0.5, 0.6) is 0 Å². The second kappa shape index (κ2) is 4.97. The number of hydrogen-bond donors (Lipinski definition) is 1. The molecule has 1 aliphatic rings. The van der Waals surface area contributed by atoms with E-state index < -0.39 is 0 Å². The van der Waals surface area contributed by atoms with Crippen molar-refractivity contribution in [2.45, 2.75) is 26.1 Å². The molecule has 0 radical (unpaired) electrons. The average molecular weight is 132 g/mol. The summed E-state index contributed by atoms with van der Waals surface area (Å²) in [6, 6.07) is 0. The summed E-state index contributed by atoms with van der Waals surface area (Å²) >= 11 is 1.69. The van der Waals surface area contributed by atoms with Gasteiger partial charge in [-0.25, -0.2) is 0 Å². The topological polar surface area (TPSA) is 24.4 Å². The van der Waals surface area contributed by atoms with Crippen LogP contribution < -0.4 is 5.43 Å². The van der Waals surface area contributed by atoms with Crippen LogP contribution in [-0.4, -0.2) is 10.9 Å². The Hall–Kier alpha value is -0.180. The third-order valence-electron chi connectivity index (χ3n) is 0.574. The lowest BCUT2D eigenvalue weighted by molar-refractivity contribution is 0.756. The summed E-state index contributed by atoms with van der Waals surface area (Å²) in [5, 5.41) is 4.24. The van der Waals surface area contributed by atoms with Crippen molar-refractivity contribution < 1.29 is 0 Å². The van der Waals surface area contributed by atoms with Crippen molar-refractivity contribution in [3.8, 4) is 0 Å². The van der Waals surface area contributed by atoms with Gasteiger partial charge in [-0.15, -0.1) is 0 Å². The number of thioether (sulfide) groups is 1. The van der Waals surface area contributed by atoms with E-state index in [4.69, 9.17) is 0 Å². The van der Waals surface area contributed by atoms with Gasteiger partial charge in [0.2, 0.25) is 0 Å². The lowest BCUT2D eigenvalue weighted by Crippen LogP contribution is -2.09. The number of nitrogens with zero attached hydrogens (tertiary/aromatic N) is 1. The van der Waals surface area contributed by atoms with E-state index in [0.717, 1.165) is 0 Å². The van der Waals surface area contributed by atoms with Crippen LogP contribution in [0.15, 0.2) is 5.10 Å². The molecule has 1 N–H and O–H groups in total. The smallest absolute Gasteiger partial charge is 0.0919 e. The van der Waals surface area contributed by atoms with Crippen LogP contribution in [0.3, 0.4) is 0 Å². The van der Waals surface area contributed by atoms with Crippen LogP contribution in [-0.2, 0) is 0 Å². The van der Waals surface area contributed by atoms with E-state index in [1.165, 1.54) is 0 Å². The highest BCUT2D eigenvalue weighted by Gasteiger charge is 2.00. The van der Waals surface area contributed by atoms with Gasteiger partial charge in [0.05, 0.1) is 10.9 Å². The zero-order valence-corrected chi connectivity index (χ0v) is 6.33. The van der Waals surface area contributed by atoms with Crippen LogP contribution in [0.2, 0.25) is 0 Å². The molecule has 0 aromatic heterocycles. The van der Waals surface area contributed by atoms with Crippen LogP contribution >= 0.6 is 11.8 Å². The maximum Gasteiger partial charge on any atom is 0.0919 e. The Kier molecular flexibility index (Phi) is 4.85. The molecule has 3 heteroatoms. The van der Waals surface area contributed by atoms with E-state index in [1.807, 2.05) is 19.4 Å². The third-order valence-corrected chi connectivity index (χ3v) is 1.31. The van der Waals surface area contributed by atoms with Gasteiger partial charge in [-0.3, -0.25) is 5.43 Å². The fourth-order valence-electron chi connectivity index (χ4n) is 0.288. The fourth-order valence-corrected chi connectivity index (χ4v) is 0.714. The molecule has 1 aliphatic heterocycles. The largest absolute Gasteiger partial charge is 0.296 e. The Morgan fingerprint density at radius 2 is 2.25 bits per heavy atom. The Balaban J connectivity index is 0.000000222. The predicted molar refractivity (Wildman–Crippen MR) is 40.0 cm³/mol. The minimum atomic E-state index is 0.491. The Labute approximate surface area is 54.7 Å². The van der Waals surface area contributed by atoms with E-state index >= 15 is 0 Å². The maximum atomic E-state index is 3.75. The van der Waals surface area contributed by atoms with Crippen molar-refractivity contribution in [1.29, 1.82) is 0 Å². The summed E-state index contributed by atoms with van der Waals surface area (Å²) in [5.74, 6) is 0. The zero-order chi connectivity index (χ0) is 6.41. The minimum Gasteiger partial charge on any atom is -0.296 e. The predicted octanol–water partition coefficient (Wildman–Crippen LogP) is 1.64. The second-order valence-electron chi connectivity index (χ2n) is 1.14. The summed E-state index contributed by atoms with van der Waals surface area (Å²) in [6.07, 6.45) is 0. The quantitative estimate of drug-likeness (QED) is 0.542. The van der Waals surface area contributed by atoms with Gasteiger partial charge < -0.3 is 0 Å². The first kappa shape index (κ1) is 7.82. The van der Waals surface area contributed by atoms with Crippen LogP contribution in [0.25, 0.3) is 0 Å². The van der Waals surface area contributed by atoms with Crippen molar-refractivity contribution in [1.82, 2.24) is 5.43 Å². The molecule has 8 heavy (non-hydrogen) atoms. The van der Waals surface area contributed by atoms with Gasteiger partial charge in [0, 0.05) is 0 Å². The molecule has 1 heterocycles. The average Bonchev–Trinajstić information content (AvgIpc) is 2.24. The van der Waals surface area contributed by atoms with Crippen molar-refractivity contribution >= 4 is 17.3 Å². The molecule has 0 aliphatic carbocycles. The molecule has 0 saturated carbocycles. The van der Waals surface area contributed by atoms with Crippen molar-refractivity contribution in [2.75, 3.05) is 0 Å². The summed E-state index contributed by atoms with van der Waals surface area (Å²) in [7, 11) is 0. The number of hydrogen-bond acceptors (Lipinski definition) is 3.